The van der Waals surface area contributed by atoms with Gasteiger partial charge in [-0.1, -0.05) is 6.92 Å². The van der Waals surface area contributed by atoms with Gasteiger partial charge in [0.05, 0.1) is 11.7 Å². The lowest BCUT2D eigenvalue weighted by atomic mass is 10.1. The number of rotatable bonds is 5. The standard InChI is InChI=1S/C10H20O3/c1-6-9(7-8(2)11)12-13-10(3,4)5/h9H,6-7H2,1-5H3. The Morgan fingerprint density at radius 1 is 1.38 bits per heavy atom. The molecule has 0 heterocycles. The van der Waals surface area contributed by atoms with E-state index in [1.165, 1.54) is 0 Å². The Morgan fingerprint density at radius 2 is 1.92 bits per heavy atom. The van der Waals surface area contributed by atoms with Crippen molar-refractivity contribution in [1.29, 1.82) is 0 Å². The van der Waals surface area contributed by atoms with E-state index >= 15 is 0 Å². The van der Waals surface area contributed by atoms with Gasteiger partial charge in [-0.15, -0.1) is 0 Å². The van der Waals surface area contributed by atoms with E-state index in [1.54, 1.807) is 6.92 Å². The zero-order valence-electron chi connectivity index (χ0n) is 9.22. The Morgan fingerprint density at radius 3 is 2.23 bits per heavy atom. The number of carbonyl (C=O) groups is 1. The van der Waals surface area contributed by atoms with Crippen molar-refractivity contribution >= 4 is 5.78 Å². The molecule has 0 aliphatic carbocycles. The zero-order valence-corrected chi connectivity index (χ0v) is 9.22. The van der Waals surface area contributed by atoms with Gasteiger partial charge in [0.1, 0.15) is 5.78 Å². The highest BCUT2D eigenvalue weighted by Gasteiger charge is 2.16. The molecule has 0 aliphatic heterocycles. The summed E-state index contributed by atoms with van der Waals surface area (Å²) in [6.45, 7) is 9.26. The molecule has 3 heteroatoms. The summed E-state index contributed by atoms with van der Waals surface area (Å²) in [6.07, 6.45) is 1.10. The van der Waals surface area contributed by atoms with Gasteiger partial charge in [-0.2, -0.15) is 0 Å². The molecule has 0 bridgehead atoms. The normalized spacial score (nSPS) is 14.2. The number of carbonyl (C=O) groups excluding carboxylic acids is 1. The van der Waals surface area contributed by atoms with Crippen molar-refractivity contribution < 1.29 is 14.6 Å². The van der Waals surface area contributed by atoms with E-state index in [-0.39, 0.29) is 17.5 Å². The van der Waals surface area contributed by atoms with Crippen molar-refractivity contribution in [3.63, 3.8) is 0 Å². The molecule has 0 fully saturated rings. The molecule has 0 aromatic rings. The maximum atomic E-state index is 10.8. The van der Waals surface area contributed by atoms with Crippen LogP contribution in [0.4, 0.5) is 0 Å². The van der Waals surface area contributed by atoms with Crippen LogP contribution in [0.25, 0.3) is 0 Å². The molecular weight excluding hydrogens is 168 g/mol. The van der Waals surface area contributed by atoms with E-state index in [4.69, 9.17) is 9.78 Å². The second-order valence-corrected chi connectivity index (χ2v) is 4.23. The van der Waals surface area contributed by atoms with Crippen LogP contribution in [-0.4, -0.2) is 17.5 Å². The van der Waals surface area contributed by atoms with Gasteiger partial charge in [0, 0.05) is 6.42 Å². The predicted octanol–water partition coefficient (Wildman–Crippen LogP) is 2.49. The van der Waals surface area contributed by atoms with Gasteiger partial charge < -0.3 is 0 Å². The molecule has 0 rings (SSSR count). The molecule has 0 saturated carbocycles. The average molecular weight is 188 g/mol. The number of hydrogen-bond donors (Lipinski definition) is 0. The summed E-state index contributed by atoms with van der Waals surface area (Å²) in [5, 5.41) is 0. The first-order valence-electron chi connectivity index (χ1n) is 4.69. The molecule has 1 unspecified atom stereocenters. The van der Waals surface area contributed by atoms with Gasteiger partial charge in [0.25, 0.3) is 0 Å². The third-order valence-electron chi connectivity index (χ3n) is 1.40. The topological polar surface area (TPSA) is 35.5 Å². The number of hydrogen-bond acceptors (Lipinski definition) is 3. The second-order valence-electron chi connectivity index (χ2n) is 4.23. The summed E-state index contributed by atoms with van der Waals surface area (Å²) < 4.78 is 0. The summed E-state index contributed by atoms with van der Waals surface area (Å²) in [5.74, 6) is 0.129. The van der Waals surface area contributed by atoms with Crippen molar-refractivity contribution in [2.24, 2.45) is 0 Å². The van der Waals surface area contributed by atoms with Gasteiger partial charge in [-0.05, 0) is 34.1 Å². The maximum Gasteiger partial charge on any atom is 0.132 e. The van der Waals surface area contributed by atoms with Gasteiger partial charge in [0.15, 0.2) is 0 Å². The first-order valence-corrected chi connectivity index (χ1v) is 4.69. The van der Waals surface area contributed by atoms with Crippen molar-refractivity contribution in [3.8, 4) is 0 Å². The van der Waals surface area contributed by atoms with Crippen LogP contribution in [-0.2, 0) is 14.6 Å². The van der Waals surface area contributed by atoms with Gasteiger partial charge in [0.2, 0.25) is 0 Å². The van der Waals surface area contributed by atoms with Crippen LogP contribution in [0, 0.1) is 0 Å². The molecule has 1 atom stereocenters. The highest BCUT2D eigenvalue weighted by Crippen LogP contribution is 2.12. The van der Waals surface area contributed by atoms with Crippen molar-refractivity contribution in [1.82, 2.24) is 0 Å². The minimum absolute atomic E-state index is 0.114. The first-order chi connectivity index (χ1) is 5.85. The molecule has 0 aromatic carbocycles. The third kappa shape index (κ3) is 7.94. The summed E-state index contributed by atoms with van der Waals surface area (Å²) in [5.41, 5.74) is -0.315. The maximum absolute atomic E-state index is 10.8. The third-order valence-corrected chi connectivity index (χ3v) is 1.40. The molecule has 3 nitrogen and oxygen atoms in total. The van der Waals surface area contributed by atoms with Gasteiger partial charge >= 0.3 is 0 Å². The van der Waals surface area contributed by atoms with Crippen LogP contribution in [0.2, 0.25) is 0 Å². The Balaban J connectivity index is 3.79. The van der Waals surface area contributed by atoms with Gasteiger partial charge in [-0.25, -0.2) is 9.78 Å². The smallest absolute Gasteiger partial charge is 0.132 e. The fourth-order valence-corrected chi connectivity index (χ4v) is 0.779. The van der Waals surface area contributed by atoms with Crippen molar-refractivity contribution in [2.75, 3.05) is 0 Å². The summed E-state index contributed by atoms with van der Waals surface area (Å²) >= 11 is 0. The van der Waals surface area contributed by atoms with Crippen molar-refractivity contribution in [2.45, 2.75) is 59.2 Å². The largest absolute Gasteiger partial charge is 0.300 e. The van der Waals surface area contributed by atoms with Crippen LogP contribution in [0.15, 0.2) is 0 Å². The quantitative estimate of drug-likeness (QED) is 0.491. The van der Waals surface area contributed by atoms with E-state index in [9.17, 15) is 4.79 Å². The molecule has 0 amide bonds. The molecular formula is C10H20O3. The summed E-state index contributed by atoms with van der Waals surface area (Å²) in [4.78, 5) is 21.1. The molecule has 0 spiro atoms. The number of Topliss-reactive ketones (excluding diaryl/α,β-unsaturated/α-hetero) is 1. The fraction of sp³-hybridized carbons (Fsp3) is 0.900. The van der Waals surface area contributed by atoms with Crippen molar-refractivity contribution in [3.05, 3.63) is 0 Å². The minimum atomic E-state index is -0.315. The van der Waals surface area contributed by atoms with E-state index in [0.717, 1.165) is 6.42 Å². The van der Waals surface area contributed by atoms with Crippen LogP contribution >= 0.6 is 0 Å². The molecule has 0 aromatic heterocycles. The van der Waals surface area contributed by atoms with E-state index < -0.39 is 0 Å². The van der Waals surface area contributed by atoms with Crippen LogP contribution < -0.4 is 0 Å². The lowest BCUT2D eigenvalue weighted by Gasteiger charge is -2.21. The first kappa shape index (κ1) is 12.6. The predicted molar refractivity (Wildman–Crippen MR) is 51.3 cm³/mol. The Kier molecular flexibility index (Phi) is 5.18. The van der Waals surface area contributed by atoms with E-state index in [1.807, 2.05) is 27.7 Å². The lowest BCUT2D eigenvalue weighted by Crippen LogP contribution is -2.25. The second kappa shape index (κ2) is 5.35. The monoisotopic (exact) mass is 188 g/mol. The Labute approximate surface area is 80.3 Å². The highest BCUT2D eigenvalue weighted by atomic mass is 17.2. The minimum Gasteiger partial charge on any atom is -0.300 e. The molecule has 0 saturated heterocycles. The molecule has 13 heavy (non-hydrogen) atoms. The van der Waals surface area contributed by atoms with Crippen LogP contribution in [0.5, 0.6) is 0 Å². The molecule has 0 N–H and O–H groups in total. The highest BCUT2D eigenvalue weighted by molar-refractivity contribution is 5.75. The fourth-order valence-electron chi connectivity index (χ4n) is 0.779. The van der Waals surface area contributed by atoms with Crippen LogP contribution in [0.1, 0.15) is 47.5 Å². The van der Waals surface area contributed by atoms with Crippen LogP contribution in [0.3, 0.4) is 0 Å². The Bertz CT molecular complexity index is 158. The Hall–Kier alpha value is -0.410. The molecule has 0 radical (unpaired) electrons. The van der Waals surface area contributed by atoms with E-state index in [0.29, 0.717) is 6.42 Å². The zero-order chi connectivity index (χ0) is 10.5. The lowest BCUT2D eigenvalue weighted by molar-refractivity contribution is -0.372. The summed E-state index contributed by atoms with van der Waals surface area (Å²) in [7, 11) is 0. The van der Waals surface area contributed by atoms with Gasteiger partial charge in [-0.3, -0.25) is 4.79 Å². The number of ketones is 1. The molecule has 78 valence electrons. The SMILES string of the molecule is CCC(CC(C)=O)OOC(C)(C)C. The average Bonchev–Trinajstić information content (AvgIpc) is 1.95. The molecule has 0 aliphatic rings. The summed E-state index contributed by atoms with van der Waals surface area (Å²) in [6, 6.07) is 0. The van der Waals surface area contributed by atoms with E-state index in [2.05, 4.69) is 0 Å².